The molecule has 1 aromatic carbocycles. The maximum atomic E-state index is 12.4. The molecular weight excluding hydrogens is 330 g/mol. The van der Waals surface area contributed by atoms with Crippen molar-refractivity contribution in [1.82, 2.24) is 5.32 Å². The Hall–Kier alpha value is -2.08. The van der Waals surface area contributed by atoms with Crippen LogP contribution < -0.4 is 15.1 Å². The summed E-state index contributed by atoms with van der Waals surface area (Å²) in [6, 6.07) is 8.18. The second-order valence-corrected chi connectivity index (χ2v) is 7.11. The molecule has 1 atom stereocenters. The fraction of sp³-hybridized carbons (Fsp3) is 0.600. The smallest absolute Gasteiger partial charge is 0.227 e. The molecule has 0 aromatic heterocycles. The number of carbonyl (C=O) groups is 2. The largest absolute Gasteiger partial charge is 0.385 e. The lowest BCUT2D eigenvalue weighted by atomic mass is 10.1. The fourth-order valence-electron chi connectivity index (χ4n) is 3.70. The van der Waals surface area contributed by atoms with Crippen molar-refractivity contribution >= 4 is 23.2 Å². The van der Waals surface area contributed by atoms with Crippen molar-refractivity contribution in [2.75, 3.05) is 49.7 Å². The third-order valence-electron chi connectivity index (χ3n) is 5.20. The lowest BCUT2D eigenvalue weighted by molar-refractivity contribution is -0.126. The molecule has 2 amide bonds. The highest BCUT2D eigenvalue weighted by molar-refractivity contribution is 6.00. The van der Waals surface area contributed by atoms with Gasteiger partial charge in [0.25, 0.3) is 0 Å². The third-order valence-corrected chi connectivity index (χ3v) is 5.20. The number of amides is 2. The van der Waals surface area contributed by atoms with Gasteiger partial charge in [-0.25, -0.2) is 0 Å². The number of hydrogen-bond acceptors (Lipinski definition) is 4. The molecule has 2 fully saturated rings. The summed E-state index contributed by atoms with van der Waals surface area (Å²) in [5.41, 5.74) is 2.10. The number of rotatable bonds is 7. The van der Waals surface area contributed by atoms with Crippen LogP contribution >= 0.6 is 0 Å². The number of piperidine rings is 1. The Bertz CT molecular complexity index is 611. The lowest BCUT2D eigenvalue weighted by Crippen LogP contribution is -2.33. The zero-order valence-corrected chi connectivity index (χ0v) is 15.6. The van der Waals surface area contributed by atoms with Gasteiger partial charge in [-0.1, -0.05) is 0 Å². The zero-order chi connectivity index (χ0) is 18.4. The van der Waals surface area contributed by atoms with E-state index in [2.05, 4.69) is 22.3 Å². The van der Waals surface area contributed by atoms with Crippen LogP contribution in [0.1, 0.15) is 32.1 Å². The quantitative estimate of drug-likeness (QED) is 0.758. The van der Waals surface area contributed by atoms with Crippen LogP contribution in [-0.2, 0) is 14.3 Å². The minimum atomic E-state index is -0.271. The molecule has 2 heterocycles. The zero-order valence-electron chi connectivity index (χ0n) is 15.6. The van der Waals surface area contributed by atoms with Gasteiger partial charge in [0.05, 0.1) is 5.92 Å². The van der Waals surface area contributed by atoms with E-state index in [-0.39, 0.29) is 24.2 Å². The Kier molecular flexibility index (Phi) is 6.50. The number of benzene rings is 1. The van der Waals surface area contributed by atoms with E-state index in [1.54, 1.807) is 12.0 Å². The molecule has 0 aliphatic carbocycles. The third kappa shape index (κ3) is 4.55. The first-order valence-corrected chi connectivity index (χ1v) is 9.61. The average molecular weight is 359 g/mol. The van der Waals surface area contributed by atoms with Crippen molar-refractivity contribution in [3.63, 3.8) is 0 Å². The molecule has 6 heteroatoms. The van der Waals surface area contributed by atoms with E-state index in [1.807, 2.05) is 12.1 Å². The first kappa shape index (κ1) is 18.7. The van der Waals surface area contributed by atoms with Gasteiger partial charge in [-0.05, 0) is 49.9 Å². The lowest BCUT2D eigenvalue weighted by Gasteiger charge is -2.29. The first-order valence-electron chi connectivity index (χ1n) is 9.61. The van der Waals surface area contributed by atoms with Crippen LogP contribution in [-0.4, -0.2) is 51.7 Å². The van der Waals surface area contributed by atoms with Gasteiger partial charge in [-0.3, -0.25) is 9.59 Å². The summed E-state index contributed by atoms with van der Waals surface area (Å²) in [7, 11) is 1.64. The Balaban J connectivity index is 1.55. The van der Waals surface area contributed by atoms with Gasteiger partial charge in [0, 0.05) is 57.7 Å². The summed E-state index contributed by atoms with van der Waals surface area (Å²) >= 11 is 0. The Morgan fingerprint density at radius 1 is 1.15 bits per heavy atom. The molecule has 0 saturated carbocycles. The van der Waals surface area contributed by atoms with E-state index in [0.29, 0.717) is 19.7 Å². The summed E-state index contributed by atoms with van der Waals surface area (Å²) in [6.07, 6.45) is 4.86. The summed E-state index contributed by atoms with van der Waals surface area (Å²) in [6.45, 7) is 3.87. The molecule has 1 N–H and O–H groups in total. The molecule has 0 radical (unpaired) electrons. The Labute approximate surface area is 155 Å². The summed E-state index contributed by atoms with van der Waals surface area (Å²) in [4.78, 5) is 28.8. The van der Waals surface area contributed by atoms with Crippen LogP contribution in [0.5, 0.6) is 0 Å². The van der Waals surface area contributed by atoms with Crippen molar-refractivity contribution in [2.24, 2.45) is 5.92 Å². The number of nitrogens with zero attached hydrogens (tertiary/aromatic N) is 2. The minimum Gasteiger partial charge on any atom is -0.385 e. The topological polar surface area (TPSA) is 61.9 Å². The molecule has 0 spiro atoms. The van der Waals surface area contributed by atoms with Crippen molar-refractivity contribution < 1.29 is 14.3 Å². The van der Waals surface area contributed by atoms with Gasteiger partial charge in [-0.2, -0.15) is 0 Å². The molecular formula is C20H29N3O3. The fourth-order valence-corrected chi connectivity index (χ4v) is 3.70. The van der Waals surface area contributed by atoms with Crippen LogP contribution in [0.4, 0.5) is 11.4 Å². The molecule has 3 rings (SSSR count). The van der Waals surface area contributed by atoms with Gasteiger partial charge < -0.3 is 19.9 Å². The van der Waals surface area contributed by atoms with Gasteiger partial charge >= 0.3 is 0 Å². The number of nitrogens with one attached hydrogen (secondary N) is 1. The predicted molar refractivity (Wildman–Crippen MR) is 102 cm³/mol. The number of anilines is 2. The Morgan fingerprint density at radius 3 is 2.54 bits per heavy atom. The maximum Gasteiger partial charge on any atom is 0.227 e. The second-order valence-electron chi connectivity index (χ2n) is 7.11. The van der Waals surface area contributed by atoms with Crippen LogP contribution in [0, 0.1) is 5.92 Å². The number of methoxy groups -OCH3 is 1. The van der Waals surface area contributed by atoms with Gasteiger partial charge in [0.2, 0.25) is 11.8 Å². The van der Waals surface area contributed by atoms with E-state index >= 15 is 0 Å². The standard InChI is InChI=1S/C20H29N3O3/c1-26-13-5-10-21-20(25)16-14-19(24)23(15-16)18-8-6-17(7-9-18)22-11-3-2-4-12-22/h6-9,16H,2-5,10-15H2,1H3,(H,21,25). The molecule has 1 unspecified atom stereocenters. The molecule has 0 bridgehead atoms. The highest BCUT2D eigenvalue weighted by Crippen LogP contribution is 2.28. The summed E-state index contributed by atoms with van der Waals surface area (Å²) in [5, 5.41) is 2.90. The highest BCUT2D eigenvalue weighted by atomic mass is 16.5. The summed E-state index contributed by atoms with van der Waals surface area (Å²) in [5.74, 6) is -0.290. The number of hydrogen-bond donors (Lipinski definition) is 1. The molecule has 1 aromatic rings. The molecule has 6 nitrogen and oxygen atoms in total. The SMILES string of the molecule is COCCCNC(=O)C1CC(=O)N(c2ccc(N3CCCCC3)cc2)C1. The minimum absolute atomic E-state index is 0.0211. The first-order chi connectivity index (χ1) is 12.7. The van der Waals surface area contributed by atoms with E-state index in [1.165, 1.54) is 24.9 Å². The second kappa shape index (κ2) is 9.03. The number of carbonyl (C=O) groups excluding carboxylic acids is 2. The van der Waals surface area contributed by atoms with E-state index in [9.17, 15) is 9.59 Å². The average Bonchev–Trinajstić information content (AvgIpc) is 3.08. The number of ether oxygens (including phenoxy) is 1. The predicted octanol–water partition coefficient (Wildman–Crippen LogP) is 2.18. The van der Waals surface area contributed by atoms with Gasteiger partial charge in [-0.15, -0.1) is 0 Å². The maximum absolute atomic E-state index is 12.4. The van der Waals surface area contributed by atoms with Crippen LogP contribution in [0.2, 0.25) is 0 Å². The van der Waals surface area contributed by atoms with E-state index in [0.717, 1.165) is 25.2 Å². The van der Waals surface area contributed by atoms with Crippen molar-refractivity contribution in [2.45, 2.75) is 32.1 Å². The molecule has 2 saturated heterocycles. The molecule has 26 heavy (non-hydrogen) atoms. The Morgan fingerprint density at radius 2 is 1.85 bits per heavy atom. The highest BCUT2D eigenvalue weighted by Gasteiger charge is 2.34. The van der Waals surface area contributed by atoms with E-state index in [4.69, 9.17) is 4.74 Å². The van der Waals surface area contributed by atoms with Crippen LogP contribution in [0.3, 0.4) is 0 Å². The van der Waals surface area contributed by atoms with Crippen molar-refractivity contribution in [1.29, 1.82) is 0 Å². The summed E-state index contributed by atoms with van der Waals surface area (Å²) < 4.78 is 4.98. The van der Waals surface area contributed by atoms with Gasteiger partial charge in [0.15, 0.2) is 0 Å². The van der Waals surface area contributed by atoms with Crippen LogP contribution in [0.15, 0.2) is 24.3 Å². The van der Waals surface area contributed by atoms with E-state index < -0.39 is 0 Å². The monoisotopic (exact) mass is 359 g/mol. The normalized spacial score (nSPS) is 20.5. The molecule has 142 valence electrons. The molecule has 2 aliphatic rings. The molecule has 2 aliphatic heterocycles. The van der Waals surface area contributed by atoms with Gasteiger partial charge in [0.1, 0.15) is 0 Å². The van der Waals surface area contributed by atoms with Crippen molar-refractivity contribution in [3.8, 4) is 0 Å². The van der Waals surface area contributed by atoms with Crippen LogP contribution in [0.25, 0.3) is 0 Å². The van der Waals surface area contributed by atoms with Crippen molar-refractivity contribution in [3.05, 3.63) is 24.3 Å².